The summed E-state index contributed by atoms with van der Waals surface area (Å²) >= 11 is 0. The number of unbranched alkanes of at least 4 members (excludes halogenated alkanes) is 2. The van der Waals surface area contributed by atoms with Crippen LogP contribution in [0.5, 0.6) is 0 Å². The molecule has 0 radical (unpaired) electrons. The van der Waals surface area contributed by atoms with Crippen LogP contribution in [0.4, 0.5) is 0 Å². The van der Waals surface area contributed by atoms with Gasteiger partial charge in [-0.3, -0.25) is 0 Å². The monoisotopic (exact) mass is 272 g/mol. The lowest BCUT2D eigenvalue weighted by Crippen LogP contribution is -2.45. The molecule has 0 amide bonds. The van der Waals surface area contributed by atoms with Crippen molar-refractivity contribution >= 4 is 10.0 Å². The third kappa shape index (κ3) is 4.92. The molecule has 0 aromatic heterocycles. The van der Waals surface area contributed by atoms with Crippen LogP contribution >= 0.6 is 0 Å². The van der Waals surface area contributed by atoms with Gasteiger partial charge in [0.2, 0.25) is 10.0 Å². The van der Waals surface area contributed by atoms with Gasteiger partial charge in [0.05, 0.1) is 11.4 Å². The minimum atomic E-state index is -3.35. The molecule has 0 bridgehead atoms. The Kier molecular flexibility index (Phi) is 6.05. The molecule has 2 atom stereocenters. The Morgan fingerprint density at radius 3 is 2.78 bits per heavy atom. The maximum atomic E-state index is 12.1. The average molecular weight is 272 g/mol. The molecule has 104 valence electrons. The molecular weight excluding hydrogens is 248 g/mol. The zero-order chi connectivity index (χ0) is 13.6. The van der Waals surface area contributed by atoms with Crippen LogP contribution in [-0.2, 0) is 10.0 Å². The maximum absolute atomic E-state index is 12.1. The zero-order valence-electron chi connectivity index (χ0n) is 11.2. The summed E-state index contributed by atoms with van der Waals surface area (Å²) in [6.45, 7) is 4.07. The average Bonchev–Trinajstić information content (AvgIpc) is 2.29. The third-order valence-corrected chi connectivity index (χ3v) is 4.86. The molecule has 5 heteroatoms. The highest BCUT2D eigenvalue weighted by Gasteiger charge is 2.25. The SMILES string of the molecule is CCCCCC(N)NS(=O)(=O)C1C=CC(C)=CC1. The second-order valence-corrected chi connectivity index (χ2v) is 6.78. The van der Waals surface area contributed by atoms with E-state index in [4.69, 9.17) is 5.73 Å². The number of nitrogens with one attached hydrogen (secondary N) is 1. The Labute approximate surface area is 110 Å². The highest BCUT2D eigenvalue weighted by Crippen LogP contribution is 2.16. The molecule has 0 saturated heterocycles. The number of sulfonamides is 1. The third-order valence-electron chi connectivity index (χ3n) is 3.08. The summed E-state index contributed by atoms with van der Waals surface area (Å²) in [5, 5.41) is -0.488. The highest BCUT2D eigenvalue weighted by molar-refractivity contribution is 7.90. The van der Waals surface area contributed by atoms with Crippen molar-refractivity contribution in [3.8, 4) is 0 Å². The molecule has 3 N–H and O–H groups in total. The Balaban J connectivity index is 2.47. The van der Waals surface area contributed by atoms with Gasteiger partial charge in [0.15, 0.2) is 0 Å². The van der Waals surface area contributed by atoms with Crippen molar-refractivity contribution in [3.63, 3.8) is 0 Å². The van der Waals surface area contributed by atoms with Gasteiger partial charge >= 0.3 is 0 Å². The van der Waals surface area contributed by atoms with Gasteiger partial charge in [0.25, 0.3) is 0 Å². The molecule has 0 spiro atoms. The summed E-state index contributed by atoms with van der Waals surface area (Å²) in [4.78, 5) is 0. The molecule has 4 nitrogen and oxygen atoms in total. The van der Waals surface area contributed by atoms with Gasteiger partial charge in [-0.2, -0.15) is 4.72 Å². The van der Waals surface area contributed by atoms with E-state index < -0.39 is 21.4 Å². The van der Waals surface area contributed by atoms with Crippen LogP contribution in [0.1, 0.15) is 46.0 Å². The van der Waals surface area contributed by atoms with E-state index in [1.54, 1.807) is 6.08 Å². The lowest BCUT2D eigenvalue weighted by atomic mass is 10.1. The largest absolute Gasteiger partial charge is 0.315 e. The van der Waals surface area contributed by atoms with E-state index >= 15 is 0 Å². The molecule has 0 aromatic rings. The van der Waals surface area contributed by atoms with E-state index in [0.29, 0.717) is 12.8 Å². The van der Waals surface area contributed by atoms with Crippen LogP contribution in [0.25, 0.3) is 0 Å². The van der Waals surface area contributed by atoms with Gasteiger partial charge in [-0.25, -0.2) is 8.42 Å². The summed E-state index contributed by atoms with van der Waals surface area (Å²) in [7, 11) is -3.35. The number of nitrogens with two attached hydrogens (primary N) is 1. The Bertz CT molecular complexity index is 413. The summed E-state index contributed by atoms with van der Waals surface area (Å²) in [6, 6.07) is 0. The fourth-order valence-corrected chi connectivity index (χ4v) is 3.26. The summed E-state index contributed by atoms with van der Waals surface area (Å²) in [5.41, 5.74) is 6.91. The quantitative estimate of drug-likeness (QED) is 0.550. The van der Waals surface area contributed by atoms with Crippen molar-refractivity contribution in [1.29, 1.82) is 0 Å². The molecule has 2 unspecified atom stereocenters. The lowest BCUT2D eigenvalue weighted by Gasteiger charge is -2.20. The van der Waals surface area contributed by atoms with Gasteiger partial charge in [0.1, 0.15) is 0 Å². The van der Waals surface area contributed by atoms with E-state index in [1.165, 1.54) is 0 Å². The van der Waals surface area contributed by atoms with Gasteiger partial charge in [-0.15, -0.1) is 0 Å². The van der Waals surface area contributed by atoms with Crippen molar-refractivity contribution in [2.24, 2.45) is 5.73 Å². The smallest absolute Gasteiger partial charge is 0.219 e. The molecule has 0 saturated carbocycles. The van der Waals surface area contributed by atoms with Gasteiger partial charge in [-0.1, -0.05) is 50.0 Å². The van der Waals surface area contributed by atoms with Gasteiger partial charge < -0.3 is 5.73 Å². The molecule has 0 heterocycles. The Morgan fingerprint density at radius 2 is 2.22 bits per heavy atom. The Morgan fingerprint density at radius 1 is 1.50 bits per heavy atom. The minimum absolute atomic E-state index is 0.470. The number of allylic oxidation sites excluding steroid dienone is 3. The van der Waals surface area contributed by atoms with Crippen LogP contribution in [0, 0.1) is 0 Å². The van der Waals surface area contributed by atoms with Crippen molar-refractivity contribution in [2.45, 2.75) is 57.4 Å². The minimum Gasteiger partial charge on any atom is -0.315 e. The molecule has 0 aromatic carbocycles. The van der Waals surface area contributed by atoms with Crippen LogP contribution in [0.2, 0.25) is 0 Å². The zero-order valence-corrected chi connectivity index (χ0v) is 12.0. The standard InChI is InChI=1S/C13H24N2O2S/c1-3-4-5-6-13(14)15-18(16,17)12-9-7-11(2)8-10-12/h7-9,12-13,15H,3-6,10,14H2,1-2H3. The maximum Gasteiger partial charge on any atom is 0.219 e. The van der Waals surface area contributed by atoms with E-state index in [9.17, 15) is 8.42 Å². The van der Waals surface area contributed by atoms with Crippen molar-refractivity contribution in [2.75, 3.05) is 0 Å². The first kappa shape index (κ1) is 15.4. The predicted molar refractivity (Wildman–Crippen MR) is 75.5 cm³/mol. The number of hydrogen-bond donors (Lipinski definition) is 2. The molecule has 0 fully saturated rings. The predicted octanol–water partition coefficient (Wildman–Crippen LogP) is 2.05. The van der Waals surface area contributed by atoms with E-state index in [-0.39, 0.29) is 0 Å². The molecule has 1 rings (SSSR count). The molecule has 1 aliphatic carbocycles. The van der Waals surface area contributed by atoms with E-state index in [1.807, 2.05) is 19.1 Å². The molecule has 1 aliphatic rings. The van der Waals surface area contributed by atoms with Crippen molar-refractivity contribution < 1.29 is 8.42 Å². The number of rotatable bonds is 7. The van der Waals surface area contributed by atoms with Crippen molar-refractivity contribution in [1.82, 2.24) is 4.72 Å². The molecule has 0 aliphatic heterocycles. The summed E-state index contributed by atoms with van der Waals surface area (Å²) in [5.74, 6) is 0. The summed E-state index contributed by atoms with van der Waals surface area (Å²) < 4.78 is 26.7. The first-order chi connectivity index (χ1) is 8.45. The van der Waals surface area contributed by atoms with Crippen LogP contribution < -0.4 is 10.5 Å². The van der Waals surface area contributed by atoms with Crippen molar-refractivity contribution in [3.05, 3.63) is 23.8 Å². The summed E-state index contributed by atoms with van der Waals surface area (Å²) in [6.07, 6.45) is 9.41. The first-order valence-electron chi connectivity index (χ1n) is 6.57. The first-order valence-corrected chi connectivity index (χ1v) is 8.12. The number of hydrogen-bond acceptors (Lipinski definition) is 3. The second kappa shape index (κ2) is 7.07. The van der Waals surface area contributed by atoms with E-state index in [2.05, 4.69) is 11.6 Å². The van der Waals surface area contributed by atoms with Crippen LogP contribution in [-0.4, -0.2) is 19.8 Å². The Hall–Kier alpha value is -0.650. The highest BCUT2D eigenvalue weighted by atomic mass is 32.2. The second-order valence-electron chi connectivity index (χ2n) is 4.85. The molecule has 18 heavy (non-hydrogen) atoms. The normalized spacial score (nSPS) is 21.7. The van der Waals surface area contributed by atoms with Gasteiger partial charge in [-0.05, 0) is 19.8 Å². The fourth-order valence-electron chi connectivity index (χ4n) is 1.91. The lowest BCUT2D eigenvalue weighted by molar-refractivity contribution is 0.510. The topological polar surface area (TPSA) is 72.2 Å². The molecular formula is C13H24N2O2S. The van der Waals surface area contributed by atoms with Crippen LogP contribution in [0.3, 0.4) is 0 Å². The van der Waals surface area contributed by atoms with Crippen LogP contribution in [0.15, 0.2) is 23.8 Å². The fraction of sp³-hybridized carbons (Fsp3) is 0.692. The van der Waals surface area contributed by atoms with Gasteiger partial charge in [0, 0.05) is 0 Å². The van der Waals surface area contributed by atoms with E-state index in [0.717, 1.165) is 24.8 Å².